The fourth-order valence-corrected chi connectivity index (χ4v) is 6.27. The molecule has 1 aliphatic heterocycles. The second kappa shape index (κ2) is 13.7. The van der Waals surface area contributed by atoms with E-state index in [9.17, 15) is 24.0 Å². The summed E-state index contributed by atoms with van der Waals surface area (Å²) in [6.45, 7) is 7.77. The Balaban J connectivity index is 1.89. The van der Waals surface area contributed by atoms with Gasteiger partial charge in [-0.15, -0.1) is 0 Å². The van der Waals surface area contributed by atoms with Gasteiger partial charge >= 0.3 is 0 Å². The van der Waals surface area contributed by atoms with Gasteiger partial charge in [-0.3, -0.25) is 14.4 Å². The lowest BCUT2D eigenvalue weighted by Gasteiger charge is -2.28. The first-order valence-corrected chi connectivity index (χ1v) is 14.1. The molecule has 0 aromatic heterocycles. The van der Waals surface area contributed by atoms with Crippen molar-refractivity contribution in [1.29, 1.82) is 0 Å². The number of rotatable bonds is 12. The van der Waals surface area contributed by atoms with E-state index in [0.29, 0.717) is 43.5 Å². The standard InChI is InChI=1S/C25H35N3O5S2/c1-17(31)28-11-10-21(18-8-6-5-7-9-18)23(28)24(33)27-20(14-30)16-35-34-15-19(13-29)26-22(32)12-25(2,3)4/h5-9,13-14,19-21,23H,10-12,15-16H2,1-4H3,(H,26,32)(H,27,33)/t19-,20-,21?,23?/m1/s1. The van der Waals surface area contributed by atoms with E-state index in [4.69, 9.17) is 0 Å². The van der Waals surface area contributed by atoms with Crippen LogP contribution in [-0.2, 0) is 24.0 Å². The molecule has 1 aromatic carbocycles. The fourth-order valence-electron chi connectivity index (χ4n) is 4.00. The highest BCUT2D eigenvalue weighted by Gasteiger charge is 2.41. The third-order valence-corrected chi connectivity index (χ3v) is 8.04. The quantitative estimate of drug-likeness (QED) is 0.247. The highest BCUT2D eigenvalue weighted by atomic mass is 33.1. The van der Waals surface area contributed by atoms with Gasteiger partial charge in [0.25, 0.3) is 0 Å². The molecule has 1 aliphatic rings. The summed E-state index contributed by atoms with van der Waals surface area (Å²) in [6.07, 6.45) is 2.37. The van der Waals surface area contributed by atoms with Crippen molar-refractivity contribution in [1.82, 2.24) is 15.5 Å². The first kappa shape index (κ1) is 28.9. The molecule has 0 radical (unpaired) electrons. The number of amides is 3. The number of aldehydes is 2. The molecule has 0 bridgehead atoms. The highest BCUT2D eigenvalue weighted by molar-refractivity contribution is 8.76. The normalized spacial score (nSPS) is 19.5. The zero-order valence-electron chi connectivity index (χ0n) is 20.7. The van der Waals surface area contributed by atoms with Crippen LogP contribution in [0.15, 0.2) is 30.3 Å². The number of nitrogens with zero attached hydrogens (tertiary/aromatic N) is 1. The minimum absolute atomic E-state index is 0.139. The molecule has 1 aromatic rings. The summed E-state index contributed by atoms with van der Waals surface area (Å²) in [6, 6.07) is 7.56. The smallest absolute Gasteiger partial charge is 0.244 e. The number of hydrogen-bond acceptors (Lipinski definition) is 7. The van der Waals surface area contributed by atoms with Crippen molar-refractivity contribution in [3.63, 3.8) is 0 Å². The van der Waals surface area contributed by atoms with Gasteiger partial charge in [0.05, 0.1) is 12.1 Å². The van der Waals surface area contributed by atoms with Crippen molar-refractivity contribution < 1.29 is 24.0 Å². The van der Waals surface area contributed by atoms with Crippen LogP contribution < -0.4 is 10.6 Å². The molecule has 1 heterocycles. The third kappa shape index (κ3) is 9.33. The molecule has 2 rings (SSSR count). The van der Waals surface area contributed by atoms with E-state index < -0.39 is 18.1 Å². The SMILES string of the molecule is CC(=O)N1CCC(c2ccccc2)C1C(=O)N[C@H](C=O)CSSC[C@@H](C=O)NC(=O)CC(C)(C)C. The Morgan fingerprint density at radius 2 is 1.60 bits per heavy atom. The first-order chi connectivity index (χ1) is 16.6. The molecule has 0 saturated carbocycles. The van der Waals surface area contributed by atoms with Crippen LogP contribution in [0.2, 0.25) is 0 Å². The van der Waals surface area contributed by atoms with Crippen molar-refractivity contribution in [2.24, 2.45) is 5.41 Å². The van der Waals surface area contributed by atoms with E-state index in [0.717, 1.165) is 5.56 Å². The van der Waals surface area contributed by atoms with E-state index >= 15 is 0 Å². The predicted molar refractivity (Wildman–Crippen MR) is 140 cm³/mol. The van der Waals surface area contributed by atoms with Gasteiger partial charge in [0.2, 0.25) is 17.7 Å². The monoisotopic (exact) mass is 521 g/mol. The van der Waals surface area contributed by atoms with Crippen molar-refractivity contribution in [2.75, 3.05) is 18.1 Å². The number of benzene rings is 1. The van der Waals surface area contributed by atoms with Gasteiger partial charge in [-0.2, -0.15) is 0 Å². The van der Waals surface area contributed by atoms with E-state index in [2.05, 4.69) is 10.6 Å². The number of likely N-dealkylation sites (tertiary alicyclic amines) is 1. The van der Waals surface area contributed by atoms with Crippen LogP contribution in [0.4, 0.5) is 0 Å². The van der Waals surface area contributed by atoms with Crippen LogP contribution in [0.1, 0.15) is 52.0 Å². The van der Waals surface area contributed by atoms with Crippen LogP contribution in [0, 0.1) is 5.41 Å². The van der Waals surface area contributed by atoms with Crippen LogP contribution in [0.25, 0.3) is 0 Å². The third-order valence-electron chi connectivity index (χ3n) is 5.57. The second-order valence-corrected chi connectivity index (χ2v) is 12.4. The van der Waals surface area contributed by atoms with Gasteiger partial charge in [-0.1, -0.05) is 72.7 Å². The molecular weight excluding hydrogens is 486 g/mol. The van der Waals surface area contributed by atoms with Crippen LogP contribution in [-0.4, -0.2) is 71.4 Å². The topological polar surface area (TPSA) is 113 Å². The number of carbonyl (C=O) groups is 5. The van der Waals surface area contributed by atoms with E-state index in [1.54, 1.807) is 4.90 Å². The molecule has 0 spiro atoms. The maximum absolute atomic E-state index is 13.2. The van der Waals surface area contributed by atoms with Gasteiger partial charge in [0, 0.05) is 37.3 Å². The number of carbonyl (C=O) groups excluding carboxylic acids is 5. The molecule has 192 valence electrons. The maximum atomic E-state index is 13.2. The van der Waals surface area contributed by atoms with Crippen molar-refractivity contribution in [2.45, 2.75) is 64.6 Å². The summed E-state index contributed by atoms with van der Waals surface area (Å²) in [7, 11) is 2.69. The molecular formula is C25H35N3O5S2. The van der Waals surface area contributed by atoms with E-state index in [-0.39, 0.29) is 29.1 Å². The summed E-state index contributed by atoms with van der Waals surface area (Å²) in [5.41, 5.74) is 0.809. The molecule has 0 aliphatic carbocycles. The van der Waals surface area contributed by atoms with Gasteiger partial charge in [-0.25, -0.2) is 0 Å². The summed E-state index contributed by atoms with van der Waals surface area (Å²) < 4.78 is 0. The number of hydrogen-bond donors (Lipinski definition) is 2. The summed E-state index contributed by atoms with van der Waals surface area (Å²) in [4.78, 5) is 61.9. The van der Waals surface area contributed by atoms with Crippen LogP contribution in [0.5, 0.6) is 0 Å². The summed E-state index contributed by atoms with van der Waals surface area (Å²) in [5.74, 6) is -0.207. The fraction of sp³-hybridized carbons (Fsp3) is 0.560. The minimum Gasteiger partial charge on any atom is -0.346 e. The molecule has 4 atom stereocenters. The lowest BCUT2D eigenvalue weighted by atomic mass is 9.91. The molecule has 1 fully saturated rings. The largest absolute Gasteiger partial charge is 0.346 e. The van der Waals surface area contributed by atoms with Gasteiger partial charge in [0.1, 0.15) is 18.6 Å². The Kier molecular flexibility index (Phi) is 11.3. The average molecular weight is 522 g/mol. The summed E-state index contributed by atoms with van der Waals surface area (Å²) in [5, 5.41) is 5.49. The Morgan fingerprint density at radius 3 is 2.11 bits per heavy atom. The molecule has 35 heavy (non-hydrogen) atoms. The zero-order chi connectivity index (χ0) is 26.0. The van der Waals surface area contributed by atoms with Crippen molar-refractivity contribution in [3.8, 4) is 0 Å². The molecule has 2 unspecified atom stereocenters. The predicted octanol–water partition coefficient (Wildman–Crippen LogP) is 2.58. The highest BCUT2D eigenvalue weighted by Crippen LogP contribution is 2.34. The Labute approximate surface area is 215 Å². The van der Waals surface area contributed by atoms with Crippen LogP contribution >= 0.6 is 21.6 Å². The maximum Gasteiger partial charge on any atom is 0.244 e. The van der Waals surface area contributed by atoms with Crippen LogP contribution in [0.3, 0.4) is 0 Å². The number of nitrogens with one attached hydrogen (secondary N) is 2. The zero-order valence-corrected chi connectivity index (χ0v) is 22.3. The molecule has 3 amide bonds. The van der Waals surface area contributed by atoms with Gasteiger partial charge < -0.3 is 25.1 Å². The Morgan fingerprint density at radius 1 is 1.03 bits per heavy atom. The summed E-state index contributed by atoms with van der Waals surface area (Å²) >= 11 is 0. The second-order valence-electron chi connectivity index (χ2n) is 9.83. The van der Waals surface area contributed by atoms with Crippen molar-refractivity contribution >= 4 is 51.9 Å². The Bertz CT molecular complexity index is 891. The molecule has 10 heteroatoms. The van der Waals surface area contributed by atoms with Gasteiger partial charge in [0.15, 0.2) is 0 Å². The van der Waals surface area contributed by atoms with E-state index in [1.807, 2.05) is 51.1 Å². The average Bonchev–Trinajstić information content (AvgIpc) is 3.25. The minimum atomic E-state index is -0.740. The molecule has 8 nitrogen and oxygen atoms in total. The lowest BCUT2D eigenvalue weighted by Crippen LogP contribution is -2.51. The lowest BCUT2D eigenvalue weighted by molar-refractivity contribution is -0.137. The van der Waals surface area contributed by atoms with Gasteiger partial charge in [-0.05, 0) is 17.4 Å². The Hall–Kier alpha value is -2.33. The van der Waals surface area contributed by atoms with Crippen molar-refractivity contribution in [3.05, 3.63) is 35.9 Å². The molecule has 1 saturated heterocycles. The molecule has 2 N–H and O–H groups in total. The first-order valence-electron chi connectivity index (χ1n) is 11.6. The van der Waals surface area contributed by atoms with E-state index in [1.165, 1.54) is 28.5 Å².